The van der Waals surface area contributed by atoms with Gasteiger partial charge < -0.3 is 5.11 Å². The molecule has 1 N–H and O–H groups in total. The maximum Gasteiger partial charge on any atom is 0.306 e. The van der Waals surface area contributed by atoms with Crippen LogP contribution in [-0.2, 0) is 4.79 Å². The molecule has 0 aliphatic carbocycles. The maximum atomic E-state index is 12.0. The van der Waals surface area contributed by atoms with Gasteiger partial charge in [0.2, 0.25) is 0 Å². The average Bonchev–Trinajstić information content (AvgIpc) is 2.68. The number of aliphatic carboxylic acids is 1. The van der Waals surface area contributed by atoms with E-state index in [1.807, 2.05) is 0 Å². The molecule has 0 aromatic heterocycles. The van der Waals surface area contributed by atoms with Crippen molar-refractivity contribution in [3.05, 3.63) is 0 Å². The van der Waals surface area contributed by atoms with Crippen LogP contribution in [0, 0.1) is 11.8 Å². The van der Waals surface area contributed by atoms with Gasteiger partial charge in [-0.05, 0) is 31.6 Å². The van der Waals surface area contributed by atoms with Gasteiger partial charge in [-0.3, -0.25) is 4.79 Å². The van der Waals surface area contributed by atoms with Crippen molar-refractivity contribution in [3.63, 3.8) is 0 Å². The summed E-state index contributed by atoms with van der Waals surface area (Å²) in [6, 6.07) is 0. The van der Waals surface area contributed by atoms with Crippen LogP contribution in [0.2, 0.25) is 0 Å². The number of carboxylic acid groups (broad SMARTS) is 1. The summed E-state index contributed by atoms with van der Waals surface area (Å²) < 4.78 is 0. The molecule has 0 fully saturated rings. The standard InChI is InChI=1S/C25H49BrO2/c1-3-5-7-9-11-15-19-23(20-16-12-10-8-6-4-2)24(25(27)28)21-17-13-14-18-22-26/h23-24H,3-22H2,1-2H3,(H,27,28). The normalized spacial score (nSPS) is 12.6. The van der Waals surface area contributed by atoms with Crippen LogP contribution in [0.4, 0.5) is 0 Å². The molecule has 1 atom stereocenters. The molecule has 0 aromatic carbocycles. The number of hydrogen-bond acceptors (Lipinski definition) is 1. The van der Waals surface area contributed by atoms with E-state index in [1.54, 1.807) is 0 Å². The summed E-state index contributed by atoms with van der Waals surface area (Å²) in [6.45, 7) is 4.51. The second-order valence-electron chi connectivity index (χ2n) is 8.71. The zero-order valence-corrected chi connectivity index (χ0v) is 20.6. The molecule has 0 radical (unpaired) electrons. The lowest BCUT2D eigenvalue weighted by atomic mass is 9.80. The summed E-state index contributed by atoms with van der Waals surface area (Å²) in [5.41, 5.74) is 0. The van der Waals surface area contributed by atoms with Gasteiger partial charge in [-0.1, -0.05) is 126 Å². The van der Waals surface area contributed by atoms with Gasteiger partial charge in [0.05, 0.1) is 5.92 Å². The van der Waals surface area contributed by atoms with E-state index >= 15 is 0 Å². The number of halogens is 1. The van der Waals surface area contributed by atoms with Crippen molar-refractivity contribution in [1.29, 1.82) is 0 Å². The minimum absolute atomic E-state index is 0.116. The minimum atomic E-state index is -0.539. The summed E-state index contributed by atoms with van der Waals surface area (Å²) in [7, 11) is 0. The fourth-order valence-electron chi connectivity index (χ4n) is 4.29. The highest BCUT2D eigenvalue weighted by Crippen LogP contribution is 2.30. The van der Waals surface area contributed by atoms with E-state index in [-0.39, 0.29) is 5.92 Å². The maximum absolute atomic E-state index is 12.0. The highest BCUT2D eigenvalue weighted by Gasteiger charge is 2.26. The lowest BCUT2D eigenvalue weighted by Gasteiger charge is -2.24. The van der Waals surface area contributed by atoms with Crippen LogP contribution in [0.25, 0.3) is 0 Å². The molecule has 0 aromatic rings. The lowest BCUT2D eigenvalue weighted by molar-refractivity contribution is -0.144. The number of rotatable bonds is 22. The van der Waals surface area contributed by atoms with Gasteiger partial charge in [0.15, 0.2) is 0 Å². The molecule has 0 saturated carbocycles. The summed E-state index contributed by atoms with van der Waals surface area (Å²) in [5, 5.41) is 10.9. The Bertz CT molecular complexity index is 317. The molecular weight excluding hydrogens is 412 g/mol. The van der Waals surface area contributed by atoms with Crippen molar-refractivity contribution in [2.24, 2.45) is 11.8 Å². The van der Waals surface area contributed by atoms with Gasteiger partial charge in [0, 0.05) is 5.33 Å². The lowest BCUT2D eigenvalue weighted by Crippen LogP contribution is -2.24. The van der Waals surface area contributed by atoms with E-state index in [0.717, 1.165) is 31.0 Å². The van der Waals surface area contributed by atoms with E-state index in [9.17, 15) is 9.90 Å². The fourth-order valence-corrected chi connectivity index (χ4v) is 4.69. The van der Waals surface area contributed by atoms with Crippen LogP contribution in [0.1, 0.15) is 136 Å². The molecule has 2 nitrogen and oxygen atoms in total. The molecule has 0 saturated heterocycles. The summed E-state index contributed by atoms with van der Waals surface area (Å²) in [6.07, 6.45) is 23.4. The third kappa shape index (κ3) is 16.9. The van der Waals surface area contributed by atoms with E-state index in [0.29, 0.717) is 5.92 Å². The number of carbonyl (C=O) groups is 1. The minimum Gasteiger partial charge on any atom is -0.481 e. The summed E-state index contributed by atoms with van der Waals surface area (Å²) in [5.74, 6) is -0.260. The number of unbranched alkanes of at least 4 members (excludes halogenated alkanes) is 13. The Labute approximate surface area is 184 Å². The predicted molar refractivity (Wildman–Crippen MR) is 127 cm³/mol. The Morgan fingerprint density at radius 2 is 1.04 bits per heavy atom. The Balaban J connectivity index is 4.40. The first-order valence-corrected chi connectivity index (χ1v) is 13.6. The summed E-state index contributed by atoms with van der Waals surface area (Å²) in [4.78, 5) is 12.0. The van der Waals surface area contributed by atoms with Crippen molar-refractivity contribution >= 4 is 21.9 Å². The van der Waals surface area contributed by atoms with Crippen LogP contribution < -0.4 is 0 Å². The Morgan fingerprint density at radius 1 is 0.643 bits per heavy atom. The topological polar surface area (TPSA) is 37.3 Å². The largest absolute Gasteiger partial charge is 0.481 e. The molecule has 0 aliphatic rings. The van der Waals surface area contributed by atoms with Crippen molar-refractivity contribution in [3.8, 4) is 0 Å². The third-order valence-corrected chi connectivity index (χ3v) is 6.70. The number of carboxylic acids is 1. The quantitative estimate of drug-likeness (QED) is 0.129. The van der Waals surface area contributed by atoms with Crippen LogP contribution in [0.3, 0.4) is 0 Å². The SMILES string of the molecule is CCCCCCCCC(CCCCCCCC)C(CCCCCCBr)C(=O)O. The molecule has 0 spiro atoms. The van der Waals surface area contributed by atoms with Gasteiger partial charge in [0.25, 0.3) is 0 Å². The predicted octanol–water partition coefficient (Wildman–Crippen LogP) is 9.15. The average molecular weight is 462 g/mol. The van der Waals surface area contributed by atoms with Gasteiger partial charge in [-0.15, -0.1) is 0 Å². The first kappa shape index (κ1) is 27.9. The molecule has 0 rings (SSSR count). The van der Waals surface area contributed by atoms with E-state index in [4.69, 9.17) is 0 Å². The van der Waals surface area contributed by atoms with E-state index in [2.05, 4.69) is 29.8 Å². The first-order valence-electron chi connectivity index (χ1n) is 12.5. The van der Waals surface area contributed by atoms with Gasteiger partial charge in [-0.2, -0.15) is 0 Å². The van der Waals surface area contributed by atoms with Crippen LogP contribution >= 0.6 is 15.9 Å². The third-order valence-electron chi connectivity index (χ3n) is 6.14. The molecular formula is C25H49BrO2. The van der Waals surface area contributed by atoms with E-state index in [1.165, 1.54) is 96.3 Å². The Hall–Kier alpha value is -0.0500. The van der Waals surface area contributed by atoms with Crippen LogP contribution in [-0.4, -0.2) is 16.4 Å². The van der Waals surface area contributed by atoms with Crippen LogP contribution in [0.5, 0.6) is 0 Å². The summed E-state index contributed by atoms with van der Waals surface area (Å²) >= 11 is 3.48. The first-order chi connectivity index (χ1) is 13.7. The second-order valence-corrected chi connectivity index (χ2v) is 9.50. The van der Waals surface area contributed by atoms with Crippen molar-refractivity contribution < 1.29 is 9.90 Å². The highest BCUT2D eigenvalue weighted by molar-refractivity contribution is 9.09. The van der Waals surface area contributed by atoms with Crippen molar-refractivity contribution in [2.75, 3.05) is 5.33 Å². The van der Waals surface area contributed by atoms with Gasteiger partial charge in [-0.25, -0.2) is 0 Å². The molecule has 1 unspecified atom stereocenters. The van der Waals surface area contributed by atoms with Crippen molar-refractivity contribution in [2.45, 2.75) is 136 Å². The molecule has 0 heterocycles. The Morgan fingerprint density at radius 3 is 1.46 bits per heavy atom. The highest BCUT2D eigenvalue weighted by atomic mass is 79.9. The molecule has 168 valence electrons. The van der Waals surface area contributed by atoms with E-state index < -0.39 is 5.97 Å². The number of alkyl halides is 1. The number of hydrogen-bond donors (Lipinski definition) is 1. The van der Waals surface area contributed by atoms with Crippen LogP contribution in [0.15, 0.2) is 0 Å². The molecule has 0 aliphatic heterocycles. The second kappa shape index (κ2) is 21.7. The zero-order valence-electron chi connectivity index (χ0n) is 19.0. The monoisotopic (exact) mass is 460 g/mol. The van der Waals surface area contributed by atoms with Gasteiger partial charge >= 0.3 is 5.97 Å². The smallest absolute Gasteiger partial charge is 0.306 e. The molecule has 3 heteroatoms. The fraction of sp³-hybridized carbons (Fsp3) is 0.960. The Kier molecular flexibility index (Phi) is 21.6. The molecule has 0 bridgehead atoms. The zero-order chi connectivity index (χ0) is 20.9. The van der Waals surface area contributed by atoms with Gasteiger partial charge in [0.1, 0.15) is 0 Å². The van der Waals surface area contributed by atoms with Crippen molar-refractivity contribution in [1.82, 2.24) is 0 Å². The molecule has 0 amide bonds. The molecule has 28 heavy (non-hydrogen) atoms.